The molecule has 1 amide bonds. The van der Waals surface area contributed by atoms with Gasteiger partial charge in [0, 0.05) is 10.7 Å². The topological polar surface area (TPSA) is 122 Å². The predicted molar refractivity (Wildman–Crippen MR) is 161 cm³/mol. The highest BCUT2D eigenvalue weighted by Gasteiger charge is 2.27. The van der Waals surface area contributed by atoms with Gasteiger partial charge in [-0.05, 0) is 97.8 Å². The standard InChI is InChI=1S/C29H28ClN3O6S2/c1-20-5-4-6-24(17-20)33(41(37,38)26-12-8-22(30)9-13-26)19-29(34)31-23-10-14-25(15-11-23)40(35,36)32-27-18-21(2)7-16-28(27)39-3/h4-18,32H,19H2,1-3H3,(H,31,34). The van der Waals surface area contributed by atoms with E-state index in [-0.39, 0.29) is 15.5 Å². The number of ether oxygens (including phenoxy) is 1. The summed E-state index contributed by atoms with van der Waals surface area (Å²) in [5, 5.41) is 3.02. The number of carbonyl (C=O) groups is 1. The molecule has 0 aromatic heterocycles. The van der Waals surface area contributed by atoms with Crippen LogP contribution in [-0.2, 0) is 24.8 Å². The van der Waals surface area contributed by atoms with Crippen LogP contribution in [-0.4, -0.2) is 36.4 Å². The van der Waals surface area contributed by atoms with Crippen molar-refractivity contribution in [3.63, 3.8) is 0 Å². The fraction of sp³-hybridized carbons (Fsp3) is 0.138. The molecule has 4 aromatic carbocycles. The molecule has 0 heterocycles. The second-order valence-corrected chi connectivity index (χ2v) is 13.2. The molecule has 12 heteroatoms. The van der Waals surface area contributed by atoms with Gasteiger partial charge in [0.1, 0.15) is 12.3 Å². The SMILES string of the molecule is COc1ccc(C)cc1NS(=O)(=O)c1ccc(NC(=O)CN(c2cccc(C)c2)S(=O)(=O)c2ccc(Cl)cc2)cc1. The average molecular weight is 614 g/mol. The monoisotopic (exact) mass is 613 g/mol. The number of carbonyl (C=O) groups excluding carboxylic acids is 1. The first-order valence-corrected chi connectivity index (χ1v) is 15.6. The molecular weight excluding hydrogens is 586 g/mol. The molecule has 214 valence electrons. The first-order valence-electron chi connectivity index (χ1n) is 12.3. The molecule has 0 atom stereocenters. The van der Waals surface area contributed by atoms with Crippen LogP contribution in [0.3, 0.4) is 0 Å². The zero-order chi connectivity index (χ0) is 29.8. The number of sulfonamides is 2. The van der Waals surface area contributed by atoms with Gasteiger partial charge >= 0.3 is 0 Å². The molecule has 4 rings (SSSR count). The fourth-order valence-corrected chi connectivity index (χ4v) is 6.59. The van der Waals surface area contributed by atoms with Crippen LogP contribution in [0.15, 0.2) is 101 Å². The number of nitrogens with one attached hydrogen (secondary N) is 2. The van der Waals surface area contributed by atoms with E-state index in [9.17, 15) is 21.6 Å². The summed E-state index contributed by atoms with van der Waals surface area (Å²) in [7, 11) is -6.64. The van der Waals surface area contributed by atoms with Crippen LogP contribution in [0.1, 0.15) is 11.1 Å². The smallest absolute Gasteiger partial charge is 0.264 e. The largest absolute Gasteiger partial charge is 0.495 e. The maximum atomic E-state index is 13.5. The minimum Gasteiger partial charge on any atom is -0.495 e. The minimum absolute atomic E-state index is 0.0245. The Morgan fingerprint density at radius 1 is 0.829 bits per heavy atom. The Bertz CT molecular complexity index is 1780. The van der Waals surface area contributed by atoms with Gasteiger partial charge in [0.25, 0.3) is 20.0 Å². The van der Waals surface area contributed by atoms with E-state index in [4.69, 9.17) is 16.3 Å². The first-order chi connectivity index (χ1) is 19.4. The maximum absolute atomic E-state index is 13.5. The van der Waals surface area contributed by atoms with Gasteiger partial charge in [-0.15, -0.1) is 0 Å². The van der Waals surface area contributed by atoms with Crippen molar-refractivity contribution in [3.8, 4) is 5.75 Å². The van der Waals surface area contributed by atoms with E-state index < -0.39 is 32.5 Å². The van der Waals surface area contributed by atoms with Crippen LogP contribution >= 0.6 is 11.6 Å². The second kappa shape index (κ2) is 12.2. The molecular formula is C29H28ClN3O6S2. The zero-order valence-corrected chi connectivity index (χ0v) is 24.8. The van der Waals surface area contributed by atoms with Crippen molar-refractivity contribution in [2.24, 2.45) is 0 Å². The molecule has 0 bridgehead atoms. The van der Waals surface area contributed by atoms with Gasteiger partial charge in [0.15, 0.2) is 0 Å². The lowest BCUT2D eigenvalue weighted by molar-refractivity contribution is -0.114. The lowest BCUT2D eigenvalue weighted by Crippen LogP contribution is -2.38. The van der Waals surface area contributed by atoms with Crippen LogP contribution in [0, 0.1) is 13.8 Å². The van der Waals surface area contributed by atoms with Crippen LogP contribution in [0.4, 0.5) is 17.1 Å². The summed E-state index contributed by atoms with van der Waals surface area (Å²) in [5.74, 6) is -0.253. The Balaban J connectivity index is 1.54. The molecule has 0 aliphatic rings. The second-order valence-electron chi connectivity index (χ2n) is 9.19. The fourth-order valence-electron chi connectivity index (χ4n) is 3.99. The number of aryl methyl sites for hydroxylation is 2. The molecule has 0 aliphatic carbocycles. The van der Waals surface area contributed by atoms with Gasteiger partial charge in [0.05, 0.1) is 28.3 Å². The van der Waals surface area contributed by atoms with Crippen molar-refractivity contribution >= 4 is 54.6 Å². The molecule has 2 N–H and O–H groups in total. The molecule has 0 fully saturated rings. The number of benzene rings is 4. The van der Waals surface area contributed by atoms with E-state index in [1.165, 1.54) is 55.6 Å². The van der Waals surface area contributed by atoms with Crippen molar-refractivity contribution < 1.29 is 26.4 Å². The Labute approximate surface area is 244 Å². The van der Waals surface area contributed by atoms with Gasteiger partial charge < -0.3 is 10.1 Å². The summed E-state index contributed by atoms with van der Waals surface area (Å²) >= 11 is 5.93. The number of nitrogens with zero attached hydrogens (tertiary/aromatic N) is 1. The summed E-state index contributed by atoms with van der Waals surface area (Å²) in [6.45, 7) is 3.12. The number of anilines is 3. The molecule has 0 radical (unpaired) electrons. The number of amides is 1. The summed E-state index contributed by atoms with van der Waals surface area (Å²) in [6, 6.07) is 23.1. The summed E-state index contributed by atoms with van der Waals surface area (Å²) in [5.41, 5.74) is 2.56. The van der Waals surface area contributed by atoms with Crippen molar-refractivity contribution in [2.45, 2.75) is 23.6 Å². The van der Waals surface area contributed by atoms with Gasteiger partial charge in [-0.2, -0.15) is 0 Å². The third-order valence-electron chi connectivity index (χ3n) is 6.03. The van der Waals surface area contributed by atoms with Crippen molar-refractivity contribution in [1.82, 2.24) is 0 Å². The van der Waals surface area contributed by atoms with Crippen LogP contribution in [0.25, 0.3) is 0 Å². The predicted octanol–water partition coefficient (Wildman–Crippen LogP) is 5.60. The van der Waals surface area contributed by atoms with E-state index in [0.29, 0.717) is 22.1 Å². The molecule has 0 saturated heterocycles. The summed E-state index contributed by atoms with van der Waals surface area (Å²) in [6.07, 6.45) is 0. The number of rotatable bonds is 10. The van der Waals surface area contributed by atoms with Crippen molar-refractivity contribution in [1.29, 1.82) is 0 Å². The molecule has 9 nitrogen and oxygen atoms in total. The lowest BCUT2D eigenvalue weighted by atomic mass is 10.2. The van der Waals surface area contributed by atoms with Crippen molar-refractivity contribution in [3.05, 3.63) is 107 Å². The van der Waals surface area contributed by atoms with Gasteiger partial charge in [0.2, 0.25) is 5.91 Å². The average Bonchev–Trinajstić information content (AvgIpc) is 2.92. The highest BCUT2D eigenvalue weighted by Crippen LogP contribution is 2.29. The summed E-state index contributed by atoms with van der Waals surface area (Å²) in [4.78, 5) is 13.0. The van der Waals surface area contributed by atoms with Crippen LogP contribution in [0.5, 0.6) is 5.75 Å². The third kappa shape index (κ3) is 7.18. The number of hydrogen-bond donors (Lipinski definition) is 2. The zero-order valence-electron chi connectivity index (χ0n) is 22.5. The van der Waals surface area contributed by atoms with E-state index >= 15 is 0 Å². The normalized spacial score (nSPS) is 11.5. The van der Waals surface area contributed by atoms with E-state index in [2.05, 4.69) is 10.0 Å². The molecule has 41 heavy (non-hydrogen) atoms. The molecule has 4 aromatic rings. The van der Waals surface area contributed by atoms with E-state index in [1.807, 2.05) is 19.9 Å². The maximum Gasteiger partial charge on any atom is 0.264 e. The minimum atomic E-state index is -4.12. The lowest BCUT2D eigenvalue weighted by Gasteiger charge is -2.24. The van der Waals surface area contributed by atoms with Gasteiger partial charge in [-0.25, -0.2) is 16.8 Å². The Morgan fingerprint density at radius 2 is 1.46 bits per heavy atom. The Kier molecular flexibility index (Phi) is 8.91. The van der Waals surface area contributed by atoms with Crippen molar-refractivity contribution in [2.75, 3.05) is 28.0 Å². The third-order valence-corrected chi connectivity index (χ3v) is 9.45. The molecule has 0 spiro atoms. The quantitative estimate of drug-likeness (QED) is 0.240. The van der Waals surface area contributed by atoms with Crippen LogP contribution < -0.4 is 19.1 Å². The summed E-state index contributed by atoms with van der Waals surface area (Å²) < 4.78 is 61.8. The highest BCUT2D eigenvalue weighted by molar-refractivity contribution is 7.93. The van der Waals surface area contributed by atoms with Gasteiger partial charge in [-0.1, -0.05) is 29.8 Å². The Morgan fingerprint density at radius 3 is 2.10 bits per heavy atom. The molecule has 0 aliphatic heterocycles. The van der Waals surface area contributed by atoms with E-state index in [1.54, 1.807) is 36.4 Å². The van der Waals surface area contributed by atoms with Crippen LogP contribution in [0.2, 0.25) is 5.02 Å². The number of hydrogen-bond acceptors (Lipinski definition) is 6. The first kappa shape index (κ1) is 29.9. The van der Waals surface area contributed by atoms with Gasteiger partial charge in [-0.3, -0.25) is 13.8 Å². The molecule has 0 saturated carbocycles. The molecule has 0 unspecified atom stereocenters. The number of halogens is 1. The highest BCUT2D eigenvalue weighted by atomic mass is 35.5. The number of methoxy groups -OCH3 is 1. The van der Waals surface area contributed by atoms with E-state index in [0.717, 1.165) is 15.4 Å². The Hall–Kier alpha value is -4.06.